The molecule has 0 atom stereocenters. The van der Waals surface area contributed by atoms with Crippen molar-refractivity contribution >= 4 is 5.57 Å². The maximum atomic E-state index is 4.08. The third-order valence-electron chi connectivity index (χ3n) is 3.13. The minimum Gasteiger partial charge on any atom is -0.302 e. The quantitative estimate of drug-likeness (QED) is 0.675. The van der Waals surface area contributed by atoms with Crippen molar-refractivity contribution in [1.29, 1.82) is 0 Å². The van der Waals surface area contributed by atoms with E-state index < -0.39 is 0 Å². The Morgan fingerprint density at radius 1 is 1.40 bits per heavy atom. The van der Waals surface area contributed by atoms with Crippen LogP contribution in [0.25, 0.3) is 5.57 Å². The van der Waals surface area contributed by atoms with Crippen LogP contribution in [0.1, 0.15) is 29.2 Å². The highest BCUT2D eigenvalue weighted by Gasteiger charge is 2.16. The lowest BCUT2D eigenvalue weighted by atomic mass is 9.90. The van der Waals surface area contributed by atoms with Gasteiger partial charge >= 0.3 is 0 Å². The van der Waals surface area contributed by atoms with Crippen molar-refractivity contribution in [1.82, 2.24) is 4.90 Å². The molecular formula is C14H19N. The summed E-state index contributed by atoms with van der Waals surface area (Å²) < 4.78 is 0. The molecule has 0 spiro atoms. The van der Waals surface area contributed by atoms with Gasteiger partial charge in [-0.05, 0) is 44.0 Å². The number of likely N-dealkylation sites (N-methyl/N-ethyl adjacent to an activating group) is 1. The minimum atomic E-state index is 1.08. The van der Waals surface area contributed by atoms with Crippen molar-refractivity contribution < 1.29 is 0 Å². The van der Waals surface area contributed by atoms with E-state index >= 15 is 0 Å². The van der Waals surface area contributed by atoms with E-state index in [0.29, 0.717) is 0 Å². The first kappa shape index (κ1) is 10.4. The molecule has 0 N–H and O–H groups in total. The molecule has 0 unspecified atom stereocenters. The molecule has 1 aromatic rings. The third-order valence-corrected chi connectivity index (χ3v) is 3.13. The van der Waals surface area contributed by atoms with Crippen LogP contribution in [0.2, 0.25) is 0 Å². The molecule has 1 nitrogen and oxygen atoms in total. The summed E-state index contributed by atoms with van der Waals surface area (Å²) in [6.07, 6.45) is 1.16. The predicted molar refractivity (Wildman–Crippen MR) is 65.9 cm³/mol. The van der Waals surface area contributed by atoms with Crippen LogP contribution in [0, 0.1) is 6.92 Å². The normalized spacial score (nSPS) is 16.2. The zero-order valence-corrected chi connectivity index (χ0v) is 9.93. The lowest BCUT2D eigenvalue weighted by molar-refractivity contribution is 0.312. The zero-order chi connectivity index (χ0) is 11.0. The second-order valence-electron chi connectivity index (χ2n) is 4.72. The van der Waals surface area contributed by atoms with E-state index in [1.54, 1.807) is 0 Å². The molecule has 2 rings (SSSR count). The minimum absolute atomic E-state index is 1.08. The van der Waals surface area contributed by atoms with Crippen LogP contribution in [0.15, 0.2) is 18.7 Å². The molecule has 0 aliphatic carbocycles. The molecule has 0 bridgehead atoms. The number of benzene rings is 1. The van der Waals surface area contributed by atoms with Gasteiger partial charge in [0.1, 0.15) is 0 Å². The summed E-state index contributed by atoms with van der Waals surface area (Å²) in [5.41, 5.74) is 6.92. The number of hydrogen-bond acceptors (Lipinski definition) is 1. The van der Waals surface area contributed by atoms with Gasteiger partial charge in [-0.25, -0.2) is 0 Å². The monoisotopic (exact) mass is 201 g/mol. The fourth-order valence-electron chi connectivity index (χ4n) is 2.38. The van der Waals surface area contributed by atoms with E-state index in [2.05, 4.69) is 44.5 Å². The molecular weight excluding hydrogens is 182 g/mol. The maximum Gasteiger partial charge on any atom is 0.0233 e. The highest BCUT2D eigenvalue weighted by molar-refractivity contribution is 5.67. The van der Waals surface area contributed by atoms with E-state index in [4.69, 9.17) is 0 Å². The van der Waals surface area contributed by atoms with Crippen LogP contribution >= 0.6 is 0 Å². The van der Waals surface area contributed by atoms with Gasteiger partial charge in [-0.1, -0.05) is 29.8 Å². The smallest absolute Gasteiger partial charge is 0.0233 e. The molecule has 1 aromatic carbocycles. The van der Waals surface area contributed by atoms with E-state index in [9.17, 15) is 0 Å². The fourth-order valence-corrected chi connectivity index (χ4v) is 2.38. The van der Waals surface area contributed by atoms with Crippen molar-refractivity contribution in [3.8, 4) is 0 Å². The first-order valence-electron chi connectivity index (χ1n) is 5.55. The third kappa shape index (κ3) is 1.98. The molecule has 1 aliphatic rings. The van der Waals surface area contributed by atoms with Crippen molar-refractivity contribution in [3.63, 3.8) is 0 Å². The first-order chi connectivity index (χ1) is 7.08. The average molecular weight is 201 g/mol. The van der Waals surface area contributed by atoms with Crippen molar-refractivity contribution in [3.05, 3.63) is 41.0 Å². The molecule has 1 heterocycles. The van der Waals surface area contributed by atoms with Gasteiger partial charge in [0.25, 0.3) is 0 Å². The second kappa shape index (κ2) is 3.82. The van der Waals surface area contributed by atoms with Gasteiger partial charge in [0.2, 0.25) is 0 Å². The first-order valence-corrected chi connectivity index (χ1v) is 5.55. The van der Waals surface area contributed by atoms with Crippen LogP contribution in [0.4, 0.5) is 0 Å². The molecule has 1 heteroatoms. The zero-order valence-electron chi connectivity index (χ0n) is 9.93. The lowest BCUT2D eigenvalue weighted by Gasteiger charge is -2.27. The summed E-state index contributed by atoms with van der Waals surface area (Å²) in [5, 5.41) is 0. The van der Waals surface area contributed by atoms with E-state index in [0.717, 1.165) is 19.5 Å². The number of aryl methyl sites for hydroxylation is 1. The van der Waals surface area contributed by atoms with E-state index in [1.807, 2.05) is 0 Å². The van der Waals surface area contributed by atoms with Crippen molar-refractivity contribution in [2.45, 2.75) is 26.8 Å². The molecule has 80 valence electrons. The summed E-state index contributed by atoms with van der Waals surface area (Å²) >= 11 is 0. The standard InChI is InChI=1S/C14H19N/c1-10(2)14-8-11(3)7-12-9-15(4)6-5-13(12)14/h7-8H,1,5-6,9H2,2-4H3. The SMILES string of the molecule is C=C(C)c1cc(C)cc2c1CCN(C)C2. The Balaban J connectivity index is 2.54. The molecule has 0 aromatic heterocycles. The van der Waals surface area contributed by atoms with Crippen molar-refractivity contribution in [2.24, 2.45) is 0 Å². The number of rotatable bonds is 1. The summed E-state index contributed by atoms with van der Waals surface area (Å²) in [5.74, 6) is 0. The topological polar surface area (TPSA) is 3.24 Å². The number of hydrogen-bond donors (Lipinski definition) is 0. The Kier molecular flexibility index (Phi) is 2.66. The largest absolute Gasteiger partial charge is 0.302 e. The summed E-state index contributed by atoms with van der Waals surface area (Å²) in [7, 11) is 2.19. The van der Waals surface area contributed by atoms with Crippen LogP contribution in [0.5, 0.6) is 0 Å². The fraction of sp³-hybridized carbons (Fsp3) is 0.429. The Morgan fingerprint density at radius 3 is 2.80 bits per heavy atom. The Bertz CT molecular complexity index is 404. The number of nitrogens with zero attached hydrogens (tertiary/aromatic N) is 1. The Labute approximate surface area is 92.4 Å². The summed E-state index contributed by atoms with van der Waals surface area (Å²) in [6, 6.07) is 4.59. The Hall–Kier alpha value is -1.08. The predicted octanol–water partition coefficient (Wildman–Crippen LogP) is 3.02. The second-order valence-corrected chi connectivity index (χ2v) is 4.72. The highest BCUT2D eigenvalue weighted by atomic mass is 15.1. The van der Waals surface area contributed by atoms with E-state index in [-0.39, 0.29) is 0 Å². The average Bonchev–Trinajstić information content (AvgIpc) is 2.15. The molecule has 0 amide bonds. The Morgan fingerprint density at radius 2 is 2.13 bits per heavy atom. The lowest BCUT2D eigenvalue weighted by Crippen LogP contribution is -2.27. The van der Waals surface area contributed by atoms with Crippen LogP contribution < -0.4 is 0 Å². The number of allylic oxidation sites excluding steroid dienone is 1. The van der Waals surface area contributed by atoms with E-state index in [1.165, 1.54) is 27.8 Å². The molecule has 0 saturated carbocycles. The van der Waals surface area contributed by atoms with Gasteiger partial charge in [-0.3, -0.25) is 0 Å². The van der Waals surface area contributed by atoms with Crippen LogP contribution in [-0.4, -0.2) is 18.5 Å². The molecule has 0 radical (unpaired) electrons. The molecule has 0 fully saturated rings. The highest BCUT2D eigenvalue weighted by Crippen LogP contribution is 2.27. The van der Waals surface area contributed by atoms with Gasteiger partial charge in [0.05, 0.1) is 0 Å². The molecule has 0 saturated heterocycles. The molecule has 15 heavy (non-hydrogen) atoms. The van der Waals surface area contributed by atoms with Crippen LogP contribution in [0.3, 0.4) is 0 Å². The number of fused-ring (bicyclic) bond motifs is 1. The van der Waals surface area contributed by atoms with Crippen molar-refractivity contribution in [2.75, 3.05) is 13.6 Å². The summed E-state index contributed by atoms with van der Waals surface area (Å²) in [6.45, 7) is 10.6. The van der Waals surface area contributed by atoms with Gasteiger partial charge in [-0.2, -0.15) is 0 Å². The summed E-state index contributed by atoms with van der Waals surface area (Å²) in [4.78, 5) is 2.38. The van der Waals surface area contributed by atoms with Gasteiger partial charge in [0.15, 0.2) is 0 Å². The maximum absolute atomic E-state index is 4.08. The van der Waals surface area contributed by atoms with Gasteiger partial charge in [0, 0.05) is 13.1 Å². The van der Waals surface area contributed by atoms with Gasteiger partial charge < -0.3 is 4.90 Å². The van der Waals surface area contributed by atoms with Crippen LogP contribution in [-0.2, 0) is 13.0 Å². The van der Waals surface area contributed by atoms with Gasteiger partial charge in [-0.15, -0.1) is 0 Å². The molecule has 1 aliphatic heterocycles.